The van der Waals surface area contributed by atoms with Gasteiger partial charge < -0.3 is 10.6 Å². The number of anilines is 2. The Hall–Kier alpha value is -4.96. The third-order valence-electron chi connectivity index (χ3n) is 10.2. The van der Waals surface area contributed by atoms with E-state index in [1.165, 1.54) is 43.8 Å². The molecule has 4 heteroatoms. The van der Waals surface area contributed by atoms with E-state index in [9.17, 15) is 9.59 Å². The average Bonchev–Trinajstić information content (AvgIpc) is 3.07. The number of carbonyl (C=O) groups excluding carboxylic acids is 2. The number of Topliss-reactive ketones (excluding diaryl/α,β-unsaturated/α-hetero) is 2. The number of fused-ring (bicyclic) bond motifs is 8. The minimum atomic E-state index is -0.196. The molecule has 214 valence electrons. The maximum Gasteiger partial charge on any atom is 0.161 e. The fourth-order valence-corrected chi connectivity index (χ4v) is 8.19. The lowest BCUT2D eigenvalue weighted by Crippen LogP contribution is -2.28. The topological polar surface area (TPSA) is 58.2 Å². The number of hydrogen-bond donors (Lipinski definition) is 2. The Balaban J connectivity index is 1.13. The quantitative estimate of drug-likeness (QED) is 0.221. The minimum Gasteiger partial charge on any atom is -0.373 e. The number of carbonyl (C=O) groups is 2. The van der Waals surface area contributed by atoms with E-state index in [1.807, 2.05) is 0 Å². The van der Waals surface area contributed by atoms with Crippen LogP contribution >= 0.6 is 0 Å². The Morgan fingerprint density at radius 2 is 0.909 bits per heavy atom. The summed E-state index contributed by atoms with van der Waals surface area (Å²) in [5.41, 5.74) is 10.9. The van der Waals surface area contributed by atoms with Gasteiger partial charge >= 0.3 is 0 Å². The van der Waals surface area contributed by atoms with Crippen molar-refractivity contribution in [2.24, 2.45) is 0 Å². The molecule has 0 fully saturated rings. The monoisotopic (exact) mass is 572 g/mol. The number of nitrogens with one attached hydrogen (secondary N) is 2. The normalized spacial score (nSPS) is 20.9. The van der Waals surface area contributed by atoms with Gasteiger partial charge in [-0.2, -0.15) is 0 Å². The summed E-state index contributed by atoms with van der Waals surface area (Å²) in [6.07, 6.45) is 4.79. The third-order valence-corrected chi connectivity index (χ3v) is 10.2. The predicted octanol–water partition coefficient (Wildman–Crippen LogP) is 9.34. The number of allylic oxidation sites excluding steroid dienone is 2. The molecule has 2 aliphatic carbocycles. The predicted molar refractivity (Wildman–Crippen MR) is 179 cm³/mol. The highest BCUT2D eigenvalue weighted by atomic mass is 16.1. The fourth-order valence-electron chi connectivity index (χ4n) is 8.19. The average molecular weight is 573 g/mol. The van der Waals surface area contributed by atoms with E-state index < -0.39 is 0 Å². The summed E-state index contributed by atoms with van der Waals surface area (Å²) in [6, 6.07) is 33.8. The molecule has 0 saturated heterocycles. The van der Waals surface area contributed by atoms with E-state index in [-0.39, 0.29) is 23.7 Å². The largest absolute Gasteiger partial charge is 0.373 e. The van der Waals surface area contributed by atoms with Gasteiger partial charge in [-0.3, -0.25) is 9.59 Å². The minimum absolute atomic E-state index is 0.196. The van der Waals surface area contributed by atoms with Gasteiger partial charge in [0, 0.05) is 46.5 Å². The van der Waals surface area contributed by atoms with Gasteiger partial charge in [0.1, 0.15) is 0 Å². The molecule has 0 amide bonds. The summed E-state index contributed by atoms with van der Waals surface area (Å²) >= 11 is 0. The van der Waals surface area contributed by atoms with Crippen molar-refractivity contribution in [1.29, 1.82) is 0 Å². The van der Waals surface area contributed by atoms with Crippen molar-refractivity contribution in [2.45, 2.75) is 50.6 Å². The van der Waals surface area contributed by atoms with Crippen LogP contribution < -0.4 is 10.6 Å². The first-order chi connectivity index (χ1) is 21.7. The van der Waals surface area contributed by atoms with Crippen LogP contribution in [0.2, 0.25) is 0 Å². The van der Waals surface area contributed by atoms with Crippen LogP contribution in [0.1, 0.15) is 72.9 Å². The van der Waals surface area contributed by atoms with Crippen molar-refractivity contribution in [3.05, 3.63) is 130 Å². The van der Waals surface area contributed by atoms with Gasteiger partial charge in [0.05, 0.1) is 12.1 Å². The molecule has 2 atom stereocenters. The molecule has 4 nitrogen and oxygen atoms in total. The van der Waals surface area contributed by atoms with Gasteiger partial charge in [-0.05, 0) is 81.6 Å². The standard InChI is InChI=1S/C40H32N2O2/c43-33-13-5-11-29-35-27-9-3-1-7-23(27)19-21-31(35)41-39(37(29)33)25-15-17-26(18-16-25)40-38-30(12-6-14-34(38)44)36-28-10-4-2-8-24(28)20-22-32(36)42-40/h1-4,7-10,15-22,39-42H,5-6,11-14H2/t39-,40-/m0/s1. The molecule has 44 heavy (non-hydrogen) atoms. The molecule has 4 aliphatic rings. The molecule has 2 N–H and O–H groups in total. The lowest BCUT2D eigenvalue weighted by atomic mass is 9.75. The van der Waals surface area contributed by atoms with Crippen molar-refractivity contribution >= 4 is 55.6 Å². The first-order valence-corrected chi connectivity index (χ1v) is 15.9. The highest BCUT2D eigenvalue weighted by Gasteiger charge is 2.37. The Morgan fingerprint density at radius 1 is 0.477 bits per heavy atom. The van der Waals surface area contributed by atoms with E-state index in [4.69, 9.17) is 0 Å². The molecule has 0 saturated carbocycles. The van der Waals surface area contributed by atoms with Crippen LogP contribution in [0.3, 0.4) is 0 Å². The van der Waals surface area contributed by atoms with E-state index in [0.29, 0.717) is 12.8 Å². The van der Waals surface area contributed by atoms with E-state index in [0.717, 1.165) is 59.3 Å². The molecule has 9 rings (SSSR count). The zero-order chi connectivity index (χ0) is 29.4. The molecule has 0 bridgehead atoms. The molecule has 5 aromatic carbocycles. The van der Waals surface area contributed by atoms with Gasteiger partial charge in [0.25, 0.3) is 0 Å². The van der Waals surface area contributed by atoms with Gasteiger partial charge in [-0.15, -0.1) is 0 Å². The van der Waals surface area contributed by atoms with E-state index >= 15 is 0 Å². The van der Waals surface area contributed by atoms with Crippen molar-refractivity contribution < 1.29 is 9.59 Å². The van der Waals surface area contributed by atoms with Crippen LogP contribution in [0.5, 0.6) is 0 Å². The number of ketones is 2. The summed E-state index contributed by atoms with van der Waals surface area (Å²) in [4.78, 5) is 27.0. The smallest absolute Gasteiger partial charge is 0.161 e. The number of rotatable bonds is 2. The second-order valence-corrected chi connectivity index (χ2v) is 12.6. The maximum absolute atomic E-state index is 13.5. The van der Waals surface area contributed by atoms with E-state index in [1.54, 1.807) is 0 Å². The molecular weight excluding hydrogens is 540 g/mol. The highest BCUT2D eigenvalue weighted by molar-refractivity contribution is 6.13. The molecule has 0 spiro atoms. The second kappa shape index (κ2) is 9.78. The van der Waals surface area contributed by atoms with Gasteiger partial charge in [0.15, 0.2) is 11.6 Å². The first kappa shape index (κ1) is 25.5. The van der Waals surface area contributed by atoms with Gasteiger partial charge in [0.2, 0.25) is 0 Å². The van der Waals surface area contributed by atoms with Gasteiger partial charge in [-0.1, -0.05) is 84.9 Å². The lowest BCUT2D eigenvalue weighted by molar-refractivity contribution is -0.116. The first-order valence-electron chi connectivity index (χ1n) is 15.9. The number of benzene rings is 5. The molecule has 2 heterocycles. The summed E-state index contributed by atoms with van der Waals surface area (Å²) in [5, 5.41) is 12.3. The molecule has 2 aliphatic heterocycles. The third kappa shape index (κ3) is 3.77. The van der Waals surface area contributed by atoms with Crippen molar-refractivity contribution in [3.8, 4) is 0 Å². The highest BCUT2D eigenvalue weighted by Crippen LogP contribution is 2.50. The van der Waals surface area contributed by atoms with E-state index in [2.05, 4.69) is 108 Å². The lowest BCUT2D eigenvalue weighted by Gasteiger charge is -2.36. The van der Waals surface area contributed by atoms with Crippen LogP contribution in [0.15, 0.2) is 108 Å². The zero-order valence-corrected chi connectivity index (χ0v) is 24.5. The maximum atomic E-state index is 13.5. The van der Waals surface area contributed by atoms with Crippen molar-refractivity contribution in [1.82, 2.24) is 0 Å². The van der Waals surface area contributed by atoms with Gasteiger partial charge in [-0.25, -0.2) is 0 Å². The SMILES string of the molecule is O=C1CCCC2=C1[C@H](c1ccc([C@@H]3Nc4ccc5ccccc5c4C4=C3C(=O)CCC4)cc1)Nc1ccc3ccccc3c12. The molecular formula is C40H32N2O2. The number of hydrogen-bond acceptors (Lipinski definition) is 4. The fraction of sp³-hybridized carbons (Fsp3) is 0.200. The van der Waals surface area contributed by atoms with Crippen LogP contribution in [-0.2, 0) is 9.59 Å². The van der Waals surface area contributed by atoms with Crippen LogP contribution in [-0.4, -0.2) is 11.6 Å². The van der Waals surface area contributed by atoms with Crippen LogP contribution in [0.4, 0.5) is 11.4 Å². The summed E-state index contributed by atoms with van der Waals surface area (Å²) < 4.78 is 0. The van der Waals surface area contributed by atoms with Crippen molar-refractivity contribution in [3.63, 3.8) is 0 Å². The Kier molecular flexibility index (Phi) is 5.68. The second-order valence-electron chi connectivity index (χ2n) is 12.6. The van der Waals surface area contributed by atoms with Crippen LogP contribution in [0, 0.1) is 0 Å². The Labute approximate surface area is 256 Å². The zero-order valence-electron chi connectivity index (χ0n) is 24.5. The molecule has 0 radical (unpaired) electrons. The molecule has 0 unspecified atom stereocenters. The summed E-state index contributed by atoms with van der Waals surface area (Å²) in [5.74, 6) is 0.485. The molecule has 5 aromatic rings. The van der Waals surface area contributed by atoms with Crippen LogP contribution in [0.25, 0.3) is 32.7 Å². The summed E-state index contributed by atoms with van der Waals surface area (Å²) in [6.45, 7) is 0. The Bertz CT molecular complexity index is 1970. The molecule has 0 aromatic heterocycles. The Morgan fingerprint density at radius 3 is 1.36 bits per heavy atom. The van der Waals surface area contributed by atoms with Crippen molar-refractivity contribution in [2.75, 3.05) is 10.6 Å². The summed E-state index contributed by atoms with van der Waals surface area (Å²) in [7, 11) is 0.